The summed E-state index contributed by atoms with van der Waals surface area (Å²) in [6, 6.07) is -0.294. The molecule has 2 rings (SSSR count). The summed E-state index contributed by atoms with van der Waals surface area (Å²) in [5.41, 5.74) is 6.04. The van der Waals surface area contributed by atoms with E-state index >= 15 is 0 Å². The molecule has 0 aliphatic heterocycles. The second-order valence-corrected chi connectivity index (χ2v) is 5.10. The number of nitrogens with two attached hydrogens (primary N) is 1. The Bertz CT molecular complexity index is 577. The van der Waals surface area contributed by atoms with Crippen LogP contribution < -0.4 is 11.3 Å². The molecule has 0 aromatic carbocycles. The molecular formula is C8H7BrClN3OS. The van der Waals surface area contributed by atoms with E-state index in [4.69, 9.17) is 17.3 Å². The molecule has 0 spiro atoms. The average molecular weight is 309 g/mol. The van der Waals surface area contributed by atoms with E-state index in [2.05, 4.69) is 20.9 Å². The van der Waals surface area contributed by atoms with Crippen LogP contribution in [0.5, 0.6) is 0 Å². The summed E-state index contributed by atoms with van der Waals surface area (Å²) >= 11 is 10.4. The van der Waals surface area contributed by atoms with Crippen LogP contribution in [0.2, 0.25) is 5.15 Å². The molecule has 1 unspecified atom stereocenters. The number of rotatable bonds is 1. The molecule has 80 valence electrons. The molecule has 1 atom stereocenters. The van der Waals surface area contributed by atoms with Crippen LogP contribution in [-0.4, -0.2) is 9.38 Å². The van der Waals surface area contributed by atoms with Crippen molar-refractivity contribution in [3.63, 3.8) is 0 Å². The third-order valence-electron chi connectivity index (χ3n) is 1.93. The molecule has 0 saturated carbocycles. The van der Waals surface area contributed by atoms with Crippen LogP contribution in [0.4, 0.5) is 0 Å². The molecule has 0 aliphatic carbocycles. The predicted molar refractivity (Wildman–Crippen MR) is 64.7 cm³/mol. The topological polar surface area (TPSA) is 60.4 Å². The van der Waals surface area contributed by atoms with E-state index < -0.39 is 0 Å². The average Bonchev–Trinajstić information content (AvgIpc) is 2.53. The van der Waals surface area contributed by atoms with Gasteiger partial charge >= 0.3 is 0 Å². The van der Waals surface area contributed by atoms with Crippen LogP contribution >= 0.6 is 38.9 Å². The van der Waals surface area contributed by atoms with Crippen LogP contribution in [0, 0.1) is 0 Å². The molecule has 2 aromatic heterocycles. The SMILES string of the molecule is CC(N)c1nc2scc(Cl)n2c(=O)c1Br. The van der Waals surface area contributed by atoms with Gasteiger partial charge in [-0.25, -0.2) is 9.38 Å². The van der Waals surface area contributed by atoms with Crippen molar-refractivity contribution in [2.75, 3.05) is 0 Å². The predicted octanol–water partition coefficient (Wildman–Crippen LogP) is 2.19. The normalized spacial score (nSPS) is 13.3. The first-order valence-corrected chi connectivity index (χ1v) is 6.18. The third-order valence-corrected chi connectivity index (χ3v) is 3.91. The molecule has 15 heavy (non-hydrogen) atoms. The number of fused-ring (bicyclic) bond motifs is 1. The first-order chi connectivity index (χ1) is 7.02. The summed E-state index contributed by atoms with van der Waals surface area (Å²) in [5, 5.41) is 2.03. The fourth-order valence-electron chi connectivity index (χ4n) is 1.22. The van der Waals surface area contributed by atoms with E-state index in [1.54, 1.807) is 12.3 Å². The molecule has 0 radical (unpaired) electrons. The van der Waals surface area contributed by atoms with Gasteiger partial charge in [0, 0.05) is 11.4 Å². The van der Waals surface area contributed by atoms with Gasteiger partial charge in [-0.1, -0.05) is 11.6 Å². The van der Waals surface area contributed by atoms with Gasteiger partial charge in [-0.05, 0) is 22.9 Å². The smallest absolute Gasteiger partial charge is 0.274 e. The van der Waals surface area contributed by atoms with E-state index in [1.807, 2.05) is 0 Å². The van der Waals surface area contributed by atoms with Crippen LogP contribution in [0.25, 0.3) is 4.96 Å². The van der Waals surface area contributed by atoms with Gasteiger partial charge in [0.05, 0.1) is 5.69 Å². The lowest BCUT2D eigenvalue weighted by molar-refractivity contribution is 0.769. The lowest BCUT2D eigenvalue weighted by Gasteiger charge is -2.06. The maximum Gasteiger partial charge on any atom is 0.274 e. The standard InChI is InChI=1S/C8H7BrClN3OS/c1-3(11)6-5(9)7(14)13-4(10)2-15-8(13)12-6/h2-3H,11H2,1H3. The van der Waals surface area contributed by atoms with Crippen molar-refractivity contribution in [3.05, 3.63) is 31.1 Å². The van der Waals surface area contributed by atoms with Crippen molar-refractivity contribution in [1.82, 2.24) is 9.38 Å². The second-order valence-electron chi connectivity index (χ2n) is 3.08. The number of hydrogen-bond acceptors (Lipinski definition) is 4. The Morgan fingerprint density at radius 2 is 2.40 bits per heavy atom. The number of halogens is 2. The highest BCUT2D eigenvalue weighted by Crippen LogP contribution is 2.22. The van der Waals surface area contributed by atoms with Crippen molar-refractivity contribution in [2.45, 2.75) is 13.0 Å². The fraction of sp³-hybridized carbons (Fsp3) is 0.250. The zero-order chi connectivity index (χ0) is 11.2. The molecule has 0 aliphatic rings. The molecule has 2 aromatic rings. The lowest BCUT2D eigenvalue weighted by Crippen LogP contribution is -2.20. The highest BCUT2D eigenvalue weighted by molar-refractivity contribution is 9.10. The van der Waals surface area contributed by atoms with Gasteiger partial charge in [-0.2, -0.15) is 0 Å². The molecule has 0 amide bonds. The number of thiazole rings is 1. The van der Waals surface area contributed by atoms with Crippen LogP contribution in [0.15, 0.2) is 14.6 Å². The summed E-state index contributed by atoms with van der Waals surface area (Å²) in [6.45, 7) is 1.78. The van der Waals surface area contributed by atoms with Crippen LogP contribution in [-0.2, 0) is 0 Å². The Morgan fingerprint density at radius 1 is 1.73 bits per heavy atom. The number of hydrogen-bond donors (Lipinski definition) is 1. The molecule has 0 fully saturated rings. The second kappa shape index (κ2) is 3.86. The van der Waals surface area contributed by atoms with E-state index in [0.717, 1.165) is 0 Å². The monoisotopic (exact) mass is 307 g/mol. The van der Waals surface area contributed by atoms with Gasteiger partial charge in [0.15, 0.2) is 4.96 Å². The molecule has 2 heterocycles. The maximum absolute atomic E-state index is 11.9. The first kappa shape index (κ1) is 11.1. The molecular weight excluding hydrogens is 302 g/mol. The van der Waals surface area contributed by atoms with Gasteiger partial charge in [-0.3, -0.25) is 4.79 Å². The minimum absolute atomic E-state index is 0.224. The molecule has 7 heteroatoms. The van der Waals surface area contributed by atoms with Crippen molar-refractivity contribution in [3.8, 4) is 0 Å². The van der Waals surface area contributed by atoms with Gasteiger partial charge in [0.1, 0.15) is 9.63 Å². The highest BCUT2D eigenvalue weighted by Gasteiger charge is 2.15. The van der Waals surface area contributed by atoms with E-state index in [0.29, 0.717) is 20.3 Å². The Kier molecular flexibility index (Phi) is 2.85. The fourth-order valence-corrected chi connectivity index (χ4v) is 2.93. The summed E-state index contributed by atoms with van der Waals surface area (Å²) in [4.78, 5) is 16.7. The summed E-state index contributed by atoms with van der Waals surface area (Å²) in [6.07, 6.45) is 0. The highest BCUT2D eigenvalue weighted by atomic mass is 79.9. The van der Waals surface area contributed by atoms with Gasteiger partial charge in [0.25, 0.3) is 5.56 Å². The molecule has 4 nitrogen and oxygen atoms in total. The number of nitrogens with zero attached hydrogens (tertiary/aromatic N) is 2. The van der Waals surface area contributed by atoms with E-state index in [1.165, 1.54) is 15.7 Å². The Balaban J connectivity index is 2.91. The van der Waals surface area contributed by atoms with Gasteiger partial charge < -0.3 is 5.73 Å². The largest absolute Gasteiger partial charge is 0.323 e. The zero-order valence-electron chi connectivity index (χ0n) is 7.70. The minimum atomic E-state index is -0.294. The lowest BCUT2D eigenvalue weighted by atomic mass is 10.2. The van der Waals surface area contributed by atoms with Crippen molar-refractivity contribution >= 4 is 43.8 Å². The van der Waals surface area contributed by atoms with Gasteiger partial charge in [-0.15, -0.1) is 11.3 Å². The summed E-state index contributed by atoms with van der Waals surface area (Å²) in [7, 11) is 0. The van der Waals surface area contributed by atoms with Crippen molar-refractivity contribution < 1.29 is 0 Å². The van der Waals surface area contributed by atoms with Crippen LogP contribution in [0.3, 0.4) is 0 Å². The molecule has 0 saturated heterocycles. The quantitative estimate of drug-likeness (QED) is 0.878. The zero-order valence-corrected chi connectivity index (χ0v) is 10.9. The Morgan fingerprint density at radius 3 is 3.00 bits per heavy atom. The van der Waals surface area contributed by atoms with E-state index in [9.17, 15) is 4.79 Å². The summed E-state index contributed by atoms with van der Waals surface area (Å²) in [5.74, 6) is 0. The van der Waals surface area contributed by atoms with Crippen molar-refractivity contribution in [2.24, 2.45) is 5.73 Å². The number of aromatic nitrogens is 2. The van der Waals surface area contributed by atoms with E-state index in [-0.39, 0.29) is 11.6 Å². The van der Waals surface area contributed by atoms with Gasteiger partial charge in [0.2, 0.25) is 0 Å². The Hall–Kier alpha value is -0.430. The summed E-state index contributed by atoms with van der Waals surface area (Å²) < 4.78 is 1.72. The third kappa shape index (κ3) is 1.71. The van der Waals surface area contributed by atoms with Crippen molar-refractivity contribution in [1.29, 1.82) is 0 Å². The molecule has 0 bridgehead atoms. The first-order valence-electron chi connectivity index (χ1n) is 4.13. The Labute approximate surface area is 103 Å². The minimum Gasteiger partial charge on any atom is -0.323 e. The van der Waals surface area contributed by atoms with Crippen LogP contribution in [0.1, 0.15) is 18.7 Å². The maximum atomic E-state index is 11.9. The molecule has 2 N–H and O–H groups in total.